The lowest BCUT2D eigenvalue weighted by Crippen LogP contribution is -1.96. The Balaban J connectivity index is 1.80. The predicted molar refractivity (Wildman–Crippen MR) is 85.9 cm³/mol. The third kappa shape index (κ3) is 2.11. The monoisotopic (exact) mass is 275 g/mol. The average Bonchev–Trinajstić information content (AvgIpc) is 3.16. The molecule has 0 fully saturated rings. The molecule has 0 saturated carbocycles. The van der Waals surface area contributed by atoms with Crippen LogP contribution in [0.3, 0.4) is 0 Å². The zero-order valence-electron chi connectivity index (χ0n) is 12.0. The summed E-state index contributed by atoms with van der Waals surface area (Å²) in [6, 6.07) is 15.1. The van der Waals surface area contributed by atoms with E-state index in [1.54, 1.807) is 0 Å². The number of hydrogen-bond donors (Lipinski definition) is 1. The molecule has 1 aliphatic heterocycles. The van der Waals surface area contributed by atoms with Crippen molar-refractivity contribution in [2.24, 2.45) is 0 Å². The van der Waals surface area contributed by atoms with Gasteiger partial charge in [-0.25, -0.2) is 4.98 Å². The molecule has 3 aromatic rings. The fourth-order valence-electron chi connectivity index (χ4n) is 2.88. The van der Waals surface area contributed by atoms with Crippen LogP contribution < -0.4 is 5.32 Å². The largest absolute Gasteiger partial charge is 0.384 e. The Labute approximate surface area is 124 Å². The molecule has 4 rings (SSSR count). The van der Waals surface area contributed by atoms with Gasteiger partial charge in [0.1, 0.15) is 0 Å². The second kappa shape index (κ2) is 4.77. The highest BCUT2D eigenvalue weighted by molar-refractivity contribution is 5.65. The Bertz CT molecular complexity index is 784. The number of nitrogens with zero attached hydrogens (tertiary/aromatic N) is 2. The Kier molecular flexibility index (Phi) is 2.78. The van der Waals surface area contributed by atoms with Gasteiger partial charge in [-0.15, -0.1) is 0 Å². The van der Waals surface area contributed by atoms with Crippen LogP contribution in [0.5, 0.6) is 0 Å². The van der Waals surface area contributed by atoms with E-state index < -0.39 is 0 Å². The summed E-state index contributed by atoms with van der Waals surface area (Å²) in [5.74, 6) is 0. The molecule has 104 valence electrons. The Morgan fingerprint density at radius 3 is 2.81 bits per heavy atom. The van der Waals surface area contributed by atoms with E-state index in [2.05, 4.69) is 64.3 Å². The molecule has 1 N–H and O–H groups in total. The number of aromatic nitrogens is 2. The summed E-state index contributed by atoms with van der Waals surface area (Å²) in [6.45, 7) is 3.14. The number of aryl methyl sites for hydroxylation is 1. The molecule has 0 atom stereocenters. The summed E-state index contributed by atoms with van der Waals surface area (Å²) < 4.78 is 2.16. The summed E-state index contributed by atoms with van der Waals surface area (Å²) in [6.07, 6.45) is 4.91. The highest BCUT2D eigenvalue weighted by Gasteiger charge is 2.12. The maximum atomic E-state index is 4.34. The zero-order valence-corrected chi connectivity index (χ0v) is 12.0. The molecule has 21 heavy (non-hydrogen) atoms. The minimum atomic E-state index is 1.04. The van der Waals surface area contributed by atoms with Gasteiger partial charge in [-0.05, 0) is 37.1 Å². The number of rotatable bonds is 2. The first-order valence-corrected chi connectivity index (χ1v) is 7.28. The van der Waals surface area contributed by atoms with Crippen molar-refractivity contribution in [3.05, 3.63) is 66.1 Å². The van der Waals surface area contributed by atoms with E-state index in [0.717, 1.165) is 18.7 Å². The van der Waals surface area contributed by atoms with Crippen molar-refractivity contribution in [3.63, 3.8) is 0 Å². The Hall–Kier alpha value is -2.55. The number of imidazole rings is 1. The first-order valence-electron chi connectivity index (χ1n) is 7.28. The molecule has 3 nitrogen and oxygen atoms in total. The maximum absolute atomic E-state index is 4.34. The molecule has 1 aliphatic rings. The first-order chi connectivity index (χ1) is 10.3. The topological polar surface area (TPSA) is 29.9 Å². The molecule has 0 aliphatic carbocycles. The van der Waals surface area contributed by atoms with E-state index >= 15 is 0 Å². The molecular weight excluding hydrogens is 258 g/mol. The molecule has 0 unspecified atom stereocenters. The van der Waals surface area contributed by atoms with Crippen molar-refractivity contribution in [2.45, 2.75) is 13.3 Å². The van der Waals surface area contributed by atoms with Gasteiger partial charge in [-0.3, -0.25) is 4.57 Å². The summed E-state index contributed by atoms with van der Waals surface area (Å²) in [7, 11) is 0. The van der Waals surface area contributed by atoms with Crippen LogP contribution in [0, 0.1) is 6.92 Å². The summed E-state index contributed by atoms with van der Waals surface area (Å²) in [5.41, 5.74) is 7.41. The number of hydrogen-bond acceptors (Lipinski definition) is 2. The number of fused-ring (bicyclic) bond motifs is 1. The van der Waals surface area contributed by atoms with Gasteiger partial charge in [0, 0.05) is 23.5 Å². The van der Waals surface area contributed by atoms with Crippen molar-refractivity contribution in [2.75, 3.05) is 11.9 Å². The van der Waals surface area contributed by atoms with Crippen LogP contribution in [-0.2, 0) is 6.42 Å². The molecule has 0 bridgehead atoms. The van der Waals surface area contributed by atoms with E-state index in [4.69, 9.17) is 0 Å². The van der Waals surface area contributed by atoms with Crippen LogP contribution in [0.2, 0.25) is 0 Å². The van der Waals surface area contributed by atoms with E-state index in [9.17, 15) is 0 Å². The molecular formula is C18H17N3. The molecule has 2 heterocycles. The molecule has 1 aromatic heterocycles. The van der Waals surface area contributed by atoms with Crippen molar-refractivity contribution >= 4 is 5.69 Å². The zero-order chi connectivity index (χ0) is 14.2. The highest BCUT2D eigenvalue weighted by atomic mass is 15.1. The molecule has 2 aromatic carbocycles. The molecule has 0 radical (unpaired) electrons. The average molecular weight is 275 g/mol. The minimum Gasteiger partial charge on any atom is -0.384 e. The van der Waals surface area contributed by atoms with Crippen LogP contribution in [0.4, 0.5) is 5.69 Å². The van der Waals surface area contributed by atoms with Crippen molar-refractivity contribution in [1.82, 2.24) is 9.55 Å². The molecule has 0 saturated heterocycles. The van der Waals surface area contributed by atoms with Crippen molar-refractivity contribution in [1.29, 1.82) is 0 Å². The highest BCUT2D eigenvalue weighted by Crippen LogP contribution is 2.28. The summed E-state index contributed by atoms with van der Waals surface area (Å²) in [4.78, 5) is 4.34. The van der Waals surface area contributed by atoms with Gasteiger partial charge in [0.25, 0.3) is 0 Å². The van der Waals surface area contributed by atoms with Gasteiger partial charge in [-0.2, -0.15) is 0 Å². The van der Waals surface area contributed by atoms with Crippen LogP contribution in [-0.4, -0.2) is 16.1 Å². The third-order valence-corrected chi connectivity index (χ3v) is 4.06. The van der Waals surface area contributed by atoms with Gasteiger partial charge in [-0.1, -0.05) is 29.8 Å². The smallest absolute Gasteiger partial charge is 0.0997 e. The fourth-order valence-corrected chi connectivity index (χ4v) is 2.88. The normalized spacial score (nSPS) is 13.0. The van der Waals surface area contributed by atoms with Gasteiger partial charge in [0.15, 0.2) is 0 Å². The second-order valence-corrected chi connectivity index (χ2v) is 5.53. The summed E-state index contributed by atoms with van der Waals surface area (Å²) >= 11 is 0. The Morgan fingerprint density at radius 2 is 1.95 bits per heavy atom. The summed E-state index contributed by atoms with van der Waals surface area (Å²) in [5, 5.41) is 3.40. The van der Waals surface area contributed by atoms with Gasteiger partial charge in [0.05, 0.1) is 18.2 Å². The van der Waals surface area contributed by atoms with Crippen molar-refractivity contribution in [3.8, 4) is 16.9 Å². The van der Waals surface area contributed by atoms with Gasteiger partial charge >= 0.3 is 0 Å². The lowest BCUT2D eigenvalue weighted by molar-refractivity contribution is 1.05. The number of benzene rings is 2. The third-order valence-electron chi connectivity index (χ3n) is 4.06. The molecule has 3 heteroatoms. The lowest BCUT2D eigenvalue weighted by Gasteiger charge is -2.10. The minimum absolute atomic E-state index is 1.04. The fraction of sp³-hybridized carbons (Fsp3) is 0.167. The maximum Gasteiger partial charge on any atom is 0.0997 e. The standard InChI is InChI=1S/C18H17N3/c1-13-2-4-14(5-3-13)18-11-19-12-21(18)16-6-7-17-15(10-16)8-9-20-17/h2-7,10-12,20H,8-9H2,1H3. The van der Waals surface area contributed by atoms with Crippen LogP contribution in [0.1, 0.15) is 11.1 Å². The molecule has 0 spiro atoms. The van der Waals surface area contributed by atoms with E-state index in [0.29, 0.717) is 0 Å². The number of nitrogens with one attached hydrogen (secondary N) is 1. The van der Waals surface area contributed by atoms with E-state index in [1.807, 2.05) is 12.5 Å². The SMILES string of the molecule is Cc1ccc(-c2cncn2-c2ccc3c(c2)CCN3)cc1. The lowest BCUT2D eigenvalue weighted by atomic mass is 10.1. The first kappa shape index (κ1) is 12.2. The van der Waals surface area contributed by atoms with E-state index in [-0.39, 0.29) is 0 Å². The van der Waals surface area contributed by atoms with Crippen LogP contribution in [0.15, 0.2) is 55.0 Å². The van der Waals surface area contributed by atoms with Gasteiger partial charge in [0.2, 0.25) is 0 Å². The predicted octanol–water partition coefficient (Wildman–Crippen LogP) is 3.82. The van der Waals surface area contributed by atoms with Crippen molar-refractivity contribution < 1.29 is 0 Å². The molecule has 0 amide bonds. The van der Waals surface area contributed by atoms with E-state index in [1.165, 1.54) is 28.1 Å². The van der Waals surface area contributed by atoms with Crippen LogP contribution >= 0.6 is 0 Å². The Morgan fingerprint density at radius 1 is 1.10 bits per heavy atom. The second-order valence-electron chi connectivity index (χ2n) is 5.53. The van der Waals surface area contributed by atoms with Crippen LogP contribution in [0.25, 0.3) is 16.9 Å². The number of anilines is 1. The van der Waals surface area contributed by atoms with Gasteiger partial charge < -0.3 is 5.32 Å². The quantitative estimate of drug-likeness (QED) is 0.770.